The number of anilines is 1. The van der Waals surface area contributed by atoms with Gasteiger partial charge < -0.3 is 14.8 Å². The maximum Gasteiger partial charge on any atom is 0.343 e. The predicted molar refractivity (Wildman–Crippen MR) is 105 cm³/mol. The zero-order valence-electron chi connectivity index (χ0n) is 15.7. The van der Waals surface area contributed by atoms with E-state index in [0.717, 1.165) is 5.56 Å². The highest BCUT2D eigenvalue weighted by molar-refractivity contribution is 6.00. The normalized spacial score (nSPS) is 10.4. The molecule has 0 atom stereocenters. The fourth-order valence-corrected chi connectivity index (χ4v) is 2.61. The Morgan fingerprint density at radius 3 is 2.61 bits per heavy atom. The Balaban J connectivity index is 1.81. The highest BCUT2D eigenvalue weighted by atomic mass is 16.5. The summed E-state index contributed by atoms with van der Waals surface area (Å²) in [5.41, 5.74) is 1.91. The summed E-state index contributed by atoms with van der Waals surface area (Å²) < 4.78 is 12.1. The van der Waals surface area contributed by atoms with Gasteiger partial charge in [0.05, 0.1) is 18.5 Å². The minimum absolute atomic E-state index is 0.176. The van der Waals surface area contributed by atoms with Gasteiger partial charge in [0.1, 0.15) is 11.3 Å². The second-order valence-electron chi connectivity index (χ2n) is 6.03. The molecule has 1 N–H and O–H groups in total. The Labute approximate surface area is 162 Å². The number of nitrogens with zero attached hydrogens (tertiary/aromatic N) is 2. The SMILES string of the molecule is CCOC(=O)c1cnn(-c2ccccc2)c1NC(=O)COc1cccc(C)c1. The average Bonchev–Trinajstić information content (AvgIpc) is 3.11. The summed E-state index contributed by atoms with van der Waals surface area (Å²) in [4.78, 5) is 24.7. The van der Waals surface area contributed by atoms with Gasteiger partial charge in [-0.05, 0) is 43.7 Å². The number of rotatable bonds is 7. The van der Waals surface area contributed by atoms with Crippen LogP contribution < -0.4 is 10.1 Å². The molecule has 0 unspecified atom stereocenters. The summed E-state index contributed by atoms with van der Waals surface area (Å²) in [6.45, 7) is 3.68. The van der Waals surface area contributed by atoms with E-state index in [9.17, 15) is 9.59 Å². The van der Waals surface area contributed by atoms with Crippen molar-refractivity contribution in [2.24, 2.45) is 0 Å². The maximum atomic E-state index is 12.5. The van der Waals surface area contributed by atoms with Gasteiger partial charge in [-0.1, -0.05) is 30.3 Å². The van der Waals surface area contributed by atoms with E-state index in [-0.39, 0.29) is 24.6 Å². The number of amides is 1. The smallest absolute Gasteiger partial charge is 0.343 e. The van der Waals surface area contributed by atoms with Crippen LogP contribution in [0.1, 0.15) is 22.8 Å². The van der Waals surface area contributed by atoms with Crippen LogP contribution in [0.5, 0.6) is 5.75 Å². The molecular weight excluding hydrogens is 358 g/mol. The molecule has 144 valence electrons. The number of nitrogens with one attached hydrogen (secondary N) is 1. The number of benzene rings is 2. The molecule has 1 aromatic heterocycles. The van der Waals surface area contributed by atoms with E-state index in [4.69, 9.17) is 9.47 Å². The van der Waals surface area contributed by atoms with Crippen LogP contribution in [0.2, 0.25) is 0 Å². The average molecular weight is 379 g/mol. The zero-order chi connectivity index (χ0) is 19.9. The van der Waals surface area contributed by atoms with Gasteiger partial charge in [0, 0.05) is 0 Å². The molecule has 28 heavy (non-hydrogen) atoms. The molecule has 0 radical (unpaired) electrons. The molecular formula is C21H21N3O4. The van der Waals surface area contributed by atoms with Crippen LogP contribution in [0.3, 0.4) is 0 Å². The molecule has 0 saturated heterocycles. The second kappa shape index (κ2) is 8.85. The fourth-order valence-electron chi connectivity index (χ4n) is 2.61. The zero-order valence-corrected chi connectivity index (χ0v) is 15.7. The van der Waals surface area contributed by atoms with Crippen molar-refractivity contribution in [3.63, 3.8) is 0 Å². The van der Waals surface area contributed by atoms with Gasteiger partial charge in [0.25, 0.3) is 5.91 Å². The van der Waals surface area contributed by atoms with Crippen molar-refractivity contribution in [1.29, 1.82) is 0 Å². The van der Waals surface area contributed by atoms with Crippen LogP contribution in [0.15, 0.2) is 60.8 Å². The van der Waals surface area contributed by atoms with E-state index in [2.05, 4.69) is 10.4 Å². The molecule has 1 amide bonds. The van der Waals surface area contributed by atoms with Gasteiger partial charge in [0.15, 0.2) is 12.4 Å². The van der Waals surface area contributed by atoms with Crippen molar-refractivity contribution < 1.29 is 19.1 Å². The Morgan fingerprint density at radius 1 is 1.11 bits per heavy atom. The predicted octanol–water partition coefficient (Wildman–Crippen LogP) is 3.37. The molecule has 1 heterocycles. The van der Waals surface area contributed by atoms with E-state index in [1.807, 2.05) is 55.5 Å². The molecule has 0 spiro atoms. The first kappa shape index (κ1) is 19.2. The standard InChI is InChI=1S/C21H21N3O4/c1-3-27-21(26)18-13-22-24(16-9-5-4-6-10-16)20(18)23-19(25)14-28-17-11-7-8-15(2)12-17/h4-13H,3,14H2,1-2H3,(H,23,25). The Morgan fingerprint density at radius 2 is 1.89 bits per heavy atom. The third-order valence-electron chi connectivity index (χ3n) is 3.88. The van der Waals surface area contributed by atoms with Crippen molar-refractivity contribution in [3.8, 4) is 11.4 Å². The first-order chi connectivity index (χ1) is 13.6. The maximum absolute atomic E-state index is 12.5. The first-order valence-electron chi connectivity index (χ1n) is 8.88. The molecule has 0 aliphatic heterocycles. The lowest BCUT2D eigenvalue weighted by Crippen LogP contribution is -2.23. The molecule has 0 aliphatic rings. The molecule has 0 aliphatic carbocycles. The van der Waals surface area contributed by atoms with Gasteiger partial charge in [-0.25, -0.2) is 9.48 Å². The van der Waals surface area contributed by atoms with Gasteiger partial charge >= 0.3 is 5.97 Å². The number of carbonyl (C=O) groups excluding carboxylic acids is 2. The quantitative estimate of drug-likeness (QED) is 0.637. The highest BCUT2D eigenvalue weighted by Crippen LogP contribution is 2.21. The third kappa shape index (κ3) is 4.56. The summed E-state index contributed by atoms with van der Waals surface area (Å²) in [5.74, 6) is -0.135. The van der Waals surface area contributed by atoms with Crippen molar-refractivity contribution in [2.45, 2.75) is 13.8 Å². The van der Waals surface area contributed by atoms with Gasteiger partial charge in [-0.2, -0.15) is 5.10 Å². The number of ether oxygens (including phenoxy) is 2. The molecule has 0 saturated carbocycles. The number of hydrogen-bond acceptors (Lipinski definition) is 5. The number of para-hydroxylation sites is 1. The van der Waals surface area contributed by atoms with E-state index in [0.29, 0.717) is 11.4 Å². The molecule has 2 aromatic carbocycles. The third-order valence-corrected chi connectivity index (χ3v) is 3.88. The molecule has 3 aromatic rings. The number of aryl methyl sites for hydroxylation is 1. The Bertz CT molecular complexity index is 967. The summed E-state index contributed by atoms with van der Waals surface area (Å²) in [5, 5.41) is 6.95. The van der Waals surface area contributed by atoms with Crippen molar-refractivity contribution >= 4 is 17.7 Å². The van der Waals surface area contributed by atoms with Gasteiger partial charge in [0.2, 0.25) is 0 Å². The Hall–Kier alpha value is -3.61. The molecule has 7 heteroatoms. The van der Waals surface area contributed by atoms with Crippen LogP contribution >= 0.6 is 0 Å². The number of esters is 1. The molecule has 3 rings (SSSR count). The van der Waals surface area contributed by atoms with Crippen LogP contribution in [0, 0.1) is 6.92 Å². The monoisotopic (exact) mass is 379 g/mol. The fraction of sp³-hybridized carbons (Fsp3) is 0.190. The molecule has 0 bridgehead atoms. The number of hydrogen-bond donors (Lipinski definition) is 1. The minimum Gasteiger partial charge on any atom is -0.484 e. The lowest BCUT2D eigenvalue weighted by atomic mass is 10.2. The minimum atomic E-state index is -0.556. The van der Waals surface area contributed by atoms with E-state index in [1.54, 1.807) is 13.0 Å². The molecule has 7 nitrogen and oxygen atoms in total. The van der Waals surface area contributed by atoms with E-state index < -0.39 is 11.9 Å². The van der Waals surface area contributed by atoms with E-state index >= 15 is 0 Å². The number of aromatic nitrogens is 2. The van der Waals surface area contributed by atoms with Gasteiger partial charge in [-0.15, -0.1) is 0 Å². The Kier molecular flexibility index (Phi) is 6.06. The summed E-state index contributed by atoms with van der Waals surface area (Å²) in [6.07, 6.45) is 1.38. The lowest BCUT2D eigenvalue weighted by molar-refractivity contribution is -0.118. The van der Waals surface area contributed by atoms with Crippen molar-refractivity contribution in [3.05, 3.63) is 71.9 Å². The highest BCUT2D eigenvalue weighted by Gasteiger charge is 2.21. The topological polar surface area (TPSA) is 82.5 Å². The lowest BCUT2D eigenvalue weighted by Gasteiger charge is -2.12. The van der Waals surface area contributed by atoms with Crippen LogP contribution in [-0.4, -0.2) is 34.9 Å². The summed E-state index contributed by atoms with van der Waals surface area (Å²) in [7, 11) is 0. The van der Waals surface area contributed by atoms with Gasteiger partial charge in [-0.3, -0.25) is 4.79 Å². The summed E-state index contributed by atoms with van der Waals surface area (Å²) >= 11 is 0. The van der Waals surface area contributed by atoms with Crippen LogP contribution in [0.25, 0.3) is 5.69 Å². The first-order valence-corrected chi connectivity index (χ1v) is 8.88. The van der Waals surface area contributed by atoms with Crippen LogP contribution in [0.4, 0.5) is 5.82 Å². The van der Waals surface area contributed by atoms with Crippen molar-refractivity contribution in [1.82, 2.24) is 9.78 Å². The second-order valence-corrected chi connectivity index (χ2v) is 6.03. The van der Waals surface area contributed by atoms with Crippen molar-refractivity contribution in [2.75, 3.05) is 18.5 Å². The van der Waals surface area contributed by atoms with E-state index in [1.165, 1.54) is 10.9 Å². The largest absolute Gasteiger partial charge is 0.484 e. The molecule has 0 fully saturated rings. The summed E-state index contributed by atoms with van der Waals surface area (Å²) in [6, 6.07) is 16.6. The van der Waals surface area contributed by atoms with Crippen LogP contribution in [-0.2, 0) is 9.53 Å². The number of carbonyl (C=O) groups is 2.